The maximum atomic E-state index is 11.8. The topological polar surface area (TPSA) is 64.3 Å². The average molecular weight is 285 g/mol. The quantitative estimate of drug-likeness (QED) is 0.836. The van der Waals surface area contributed by atoms with Gasteiger partial charge in [0.05, 0.1) is 5.54 Å². The maximum Gasteiger partial charge on any atom is 0.258 e. The summed E-state index contributed by atoms with van der Waals surface area (Å²) in [6.07, 6.45) is 2.29. The molecule has 0 heterocycles. The second-order valence-electron chi connectivity index (χ2n) is 5.05. The molecule has 1 atom stereocenters. The fourth-order valence-electron chi connectivity index (χ4n) is 2.06. The van der Waals surface area contributed by atoms with Gasteiger partial charge in [0, 0.05) is 6.54 Å². The molecule has 0 aromatic heterocycles. The molecule has 1 fully saturated rings. The van der Waals surface area contributed by atoms with Gasteiger partial charge in [-0.1, -0.05) is 18.2 Å². The van der Waals surface area contributed by atoms with Crippen LogP contribution in [0.3, 0.4) is 0 Å². The van der Waals surface area contributed by atoms with Crippen LogP contribution < -0.4 is 15.8 Å². The number of ether oxygens (including phenoxy) is 1. The van der Waals surface area contributed by atoms with Gasteiger partial charge in [0.1, 0.15) is 5.75 Å². The van der Waals surface area contributed by atoms with Gasteiger partial charge >= 0.3 is 0 Å². The van der Waals surface area contributed by atoms with Gasteiger partial charge in [-0.3, -0.25) is 4.79 Å². The van der Waals surface area contributed by atoms with E-state index in [1.807, 2.05) is 37.3 Å². The predicted molar refractivity (Wildman–Crippen MR) is 77.5 cm³/mol. The van der Waals surface area contributed by atoms with Crippen LogP contribution in [0.1, 0.15) is 19.8 Å². The Morgan fingerprint density at radius 1 is 1.42 bits per heavy atom. The van der Waals surface area contributed by atoms with Crippen LogP contribution in [0.25, 0.3) is 0 Å². The lowest BCUT2D eigenvalue weighted by Crippen LogP contribution is -2.54. The van der Waals surface area contributed by atoms with E-state index in [0.29, 0.717) is 18.2 Å². The van der Waals surface area contributed by atoms with Gasteiger partial charge in [0.2, 0.25) is 0 Å². The summed E-state index contributed by atoms with van der Waals surface area (Å²) in [4.78, 5) is 11.8. The van der Waals surface area contributed by atoms with E-state index < -0.39 is 0 Å². The van der Waals surface area contributed by atoms with Crippen molar-refractivity contribution < 1.29 is 9.53 Å². The largest absolute Gasteiger partial charge is 0.484 e. The first kappa shape index (κ1) is 15.8. The third-order valence-corrected chi connectivity index (χ3v) is 3.44. The highest BCUT2D eigenvalue weighted by molar-refractivity contribution is 5.85. The van der Waals surface area contributed by atoms with Crippen LogP contribution in [0.4, 0.5) is 0 Å². The number of carbonyl (C=O) groups is 1. The number of para-hydroxylation sites is 1. The van der Waals surface area contributed by atoms with Crippen molar-refractivity contribution in [2.24, 2.45) is 11.7 Å². The predicted octanol–water partition coefficient (Wildman–Crippen LogP) is 1.73. The lowest BCUT2D eigenvalue weighted by atomic mass is 9.96. The van der Waals surface area contributed by atoms with Crippen molar-refractivity contribution in [1.29, 1.82) is 0 Å². The van der Waals surface area contributed by atoms with E-state index in [9.17, 15) is 4.79 Å². The second kappa shape index (κ2) is 6.78. The highest BCUT2D eigenvalue weighted by atomic mass is 35.5. The fraction of sp³-hybridized carbons (Fsp3) is 0.500. The Labute approximate surface area is 120 Å². The normalized spacial score (nSPS) is 16.9. The van der Waals surface area contributed by atoms with E-state index in [0.717, 1.165) is 12.8 Å². The van der Waals surface area contributed by atoms with Crippen LogP contribution in [-0.2, 0) is 4.79 Å². The number of benzene rings is 1. The summed E-state index contributed by atoms with van der Waals surface area (Å²) in [7, 11) is 0. The Balaban J connectivity index is 0.00000180. The summed E-state index contributed by atoms with van der Waals surface area (Å²) in [5.74, 6) is 1.11. The summed E-state index contributed by atoms with van der Waals surface area (Å²) in [5.41, 5.74) is 5.47. The molecule has 4 nitrogen and oxygen atoms in total. The summed E-state index contributed by atoms with van der Waals surface area (Å²) < 4.78 is 5.41. The average Bonchev–Trinajstić information content (AvgIpc) is 3.22. The van der Waals surface area contributed by atoms with Crippen molar-refractivity contribution in [1.82, 2.24) is 5.32 Å². The second-order valence-corrected chi connectivity index (χ2v) is 5.05. The number of hydrogen-bond donors (Lipinski definition) is 2. The molecule has 2 rings (SSSR count). The van der Waals surface area contributed by atoms with E-state index in [1.54, 1.807) is 0 Å². The molecular formula is C14H21ClN2O2. The fourth-order valence-corrected chi connectivity index (χ4v) is 2.06. The lowest BCUT2D eigenvalue weighted by Gasteiger charge is -2.29. The molecule has 19 heavy (non-hydrogen) atoms. The van der Waals surface area contributed by atoms with E-state index in [1.165, 1.54) is 0 Å². The third-order valence-electron chi connectivity index (χ3n) is 3.44. The summed E-state index contributed by atoms with van der Waals surface area (Å²) in [6, 6.07) is 9.32. The van der Waals surface area contributed by atoms with Crippen LogP contribution in [0.15, 0.2) is 30.3 Å². The van der Waals surface area contributed by atoms with Crippen LogP contribution in [0.2, 0.25) is 0 Å². The number of carbonyl (C=O) groups excluding carboxylic acids is 1. The zero-order valence-electron chi connectivity index (χ0n) is 11.1. The zero-order chi connectivity index (χ0) is 13.0. The molecule has 0 bridgehead atoms. The van der Waals surface area contributed by atoms with Gasteiger partial charge in [0.15, 0.2) is 6.61 Å². The first-order chi connectivity index (χ1) is 8.64. The Kier molecular flexibility index (Phi) is 5.63. The minimum Gasteiger partial charge on any atom is -0.484 e. The number of nitrogens with one attached hydrogen (secondary N) is 1. The Hall–Kier alpha value is -1.26. The minimum atomic E-state index is -0.281. The Bertz CT molecular complexity index is 409. The van der Waals surface area contributed by atoms with Crippen molar-refractivity contribution in [3.05, 3.63) is 30.3 Å². The monoisotopic (exact) mass is 284 g/mol. The van der Waals surface area contributed by atoms with Crippen LogP contribution in [0.5, 0.6) is 5.75 Å². The Morgan fingerprint density at radius 3 is 2.58 bits per heavy atom. The van der Waals surface area contributed by atoms with Crippen LogP contribution in [-0.4, -0.2) is 24.6 Å². The van der Waals surface area contributed by atoms with Crippen molar-refractivity contribution in [2.75, 3.05) is 13.2 Å². The van der Waals surface area contributed by atoms with E-state index in [2.05, 4.69) is 5.32 Å². The molecular weight excluding hydrogens is 264 g/mol. The lowest BCUT2D eigenvalue weighted by molar-refractivity contribution is -0.125. The number of amides is 1. The third kappa shape index (κ3) is 4.40. The zero-order valence-corrected chi connectivity index (χ0v) is 11.9. The van der Waals surface area contributed by atoms with Gasteiger partial charge in [-0.25, -0.2) is 0 Å². The molecule has 0 saturated heterocycles. The molecule has 0 aliphatic heterocycles. The van der Waals surface area contributed by atoms with Crippen molar-refractivity contribution in [2.45, 2.75) is 25.3 Å². The first-order valence-corrected chi connectivity index (χ1v) is 6.33. The van der Waals surface area contributed by atoms with Gasteiger partial charge in [0.25, 0.3) is 5.91 Å². The molecule has 1 unspecified atom stereocenters. The molecule has 3 N–H and O–H groups in total. The number of nitrogens with two attached hydrogens (primary N) is 1. The molecule has 0 spiro atoms. The van der Waals surface area contributed by atoms with Gasteiger partial charge in [-0.15, -0.1) is 12.4 Å². The summed E-state index contributed by atoms with van der Waals surface area (Å²) >= 11 is 0. The number of hydrogen-bond acceptors (Lipinski definition) is 3. The molecule has 1 aliphatic rings. The standard InChI is InChI=1S/C14H20N2O2.ClH/c1-14(10-15,11-7-8-11)16-13(17)9-18-12-5-3-2-4-6-12;/h2-6,11H,7-10,15H2,1H3,(H,16,17);1H. The van der Waals surface area contributed by atoms with Crippen molar-refractivity contribution in [3.63, 3.8) is 0 Å². The van der Waals surface area contributed by atoms with E-state index in [4.69, 9.17) is 10.5 Å². The van der Waals surface area contributed by atoms with Gasteiger partial charge in [-0.05, 0) is 37.8 Å². The molecule has 5 heteroatoms. The van der Waals surface area contributed by atoms with E-state index in [-0.39, 0.29) is 30.5 Å². The van der Waals surface area contributed by atoms with Crippen molar-refractivity contribution in [3.8, 4) is 5.75 Å². The first-order valence-electron chi connectivity index (χ1n) is 6.33. The number of halogens is 1. The minimum absolute atomic E-state index is 0. The smallest absolute Gasteiger partial charge is 0.258 e. The molecule has 1 amide bonds. The summed E-state index contributed by atoms with van der Waals surface area (Å²) in [6.45, 7) is 2.51. The molecule has 1 aromatic rings. The highest BCUT2D eigenvalue weighted by Gasteiger charge is 2.41. The molecule has 1 aromatic carbocycles. The van der Waals surface area contributed by atoms with Gasteiger partial charge < -0.3 is 15.8 Å². The molecule has 0 radical (unpaired) electrons. The van der Waals surface area contributed by atoms with Crippen LogP contribution >= 0.6 is 12.4 Å². The SMILES string of the molecule is CC(CN)(NC(=O)COc1ccccc1)C1CC1.Cl. The van der Waals surface area contributed by atoms with Crippen LogP contribution in [0, 0.1) is 5.92 Å². The molecule has 1 aliphatic carbocycles. The molecule has 1 saturated carbocycles. The molecule has 106 valence electrons. The van der Waals surface area contributed by atoms with E-state index >= 15 is 0 Å². The number of rotatable bonds is 6. The maximum absolute atomic E-state index is 11.8. The van der Waals surface area contributed by atoms with Crippen molar-refractivity contribution >= 4 is 18.3 Å². The van der Waals surface area contributed by atoms with Gasteiger partial charge in [-0.2, -0.15) is 0 Å². The Morgan fingerprint density at radius 2 is 2.05 bits per heavy atom. The summed E-state index contributed by atoms with van der Waals surface area (Å²) in [5, 5.41) is 2.99. The highest BCUT2D eigenvalue weighted by Crippen LogP contribution is 2.38.